The highest BCUT2D eigenvalue weighted by atomic mass is 79.9. The van der Waals surface area contributed by atoms with Gasteiger partial charge in [0.05, 0.1) is 10.2 Å². The molecule has 0 fully saturated rings. The molecule has 0 radical (unpaired) electrons. The summed E-state index contributed by atoms with van der Waals surface area (Å²) >= 11 is 3.36. The largest absolute Gasteiger partial charge is 0.506 e. The Hall–Kier alpha value is -3.44. The lowest BCUT2D eigenvalue weighted by atomic mass is 10.0. The van der Waals surface area contributed by atoms with Crippen LogP contribution >= 0.6 is 15.9 Å². The number of hydrogen-bond acceptors (Lipinski definition) is 4. The van der Waals surface area contributed by atoms with E-state index in [1.54, 1.807) is 6.21 Å². The zero-order chi connectivity index (χ0) is 20.7. The fourth-order valence-electron chi connectivity index (χ4n) is 3.53. The summed E-state index contributed by atoms with van der Waals surface area (Å²) in [4.78, 5) is 9.21. The summed E-state index contributed by atoms with van der Waals surface area (Å²) in [6, 6.07) is 23.7. The lowest BCUT2D eigenvalue weighted by molar-refractivity contribution is 0.471. The van der Waals surface area contributed by atoms with Gasteiger partial charge in [-0.15, -0.1) is 0 Å². The number of rotatable bonds is 3. The molecule has 0 bridgehead atoms. The van der Waals surface area contributed by atoms with Crippen molar-refractivity contribution in [1.29, 1.82) is 0 Å². The maximum absolute atomic E-state index is 10.2. The van der Waals surface area contributed by atoms with E-state index in [2.05, 4.69) is 39.1 Å². The molecule has 0 unspecified atom stereocenters. The first-order valence-electron chi connectivity index (χ1n) is 9.50. The summed E-state index contributed by atoms with van der Waals surface area (Å²) in [7, 11) is 0. The van der Waals surface area contributed by atoms with Crippen LogP contribution in [0.3, 0.4) is 0 Å². The van der Waals surface area contributed by atoms with E-state index in [4.69, 9.17) is 9.40 Å². The molecule has 5 rings (SSSR count). The van der Waals surface area contributed by atoms with E-state index in [9.17, 15) is 5.11 Å². The van der Waals surface area contributed by atoms with Crippen LogP contribution in [0, 0.1) is 6.92 Å². The van der Waals surface area contributed by atoms with Gasteiger partial charge in [0.2, 0.25) is 5.89 Å². The van der Waals surface area contributed by atoms with Gasteiger partial charge in [-0.2, -0.15) is 0 Å². The van der Waals surface area contributed by atoms with Gasteiger partial charge in [0.25, 0.3) is 0 Å². The molecule has 5 aromatic rings. The van der Waals surface area contributed by atoms with Crippen molar-refractivity contribution in [3.63, 3.8) is 0 Å². The number of phenols is 1. The first-order valence-corrected chi connectivity index (χ1v) is 10.3. The highest BCUT2D eigenvalue weighted by Gasteiger charge is 2.12. The van der Waals surface area contributed by atoms with E-state index in [1.165, 1.54) is 0 Å². The molecular formula is C25H17BrN2O2. The third kappa shape index (κ3) is 3.37. The van der Waals surface area contributed by atoms with Crippen LogP contribution < -0.4 is 0 Å². The number of oxazole rings is 1. The minimum absolute atomic E-state index is 0.171. The molecule has 0 saturated carbocycles. The lowest BCUT2D eigenvalue weighted by Gasteiger charge is -2.03. The molecular weight excluding hydrogens is 440 g/mol. The molecule has 1 N–H and O–H groups in total. The fourth-order valence-corrected chi connectivity index (χ4v) is 4.12. The molecule has 146 valence electrons. The van der Waals surface area contributed by atoms with Crippen molar-refractivity contribution in [3.8, 4) is 17.2 Å². The predicted octanol–water partition coefficient (Wildman–Crippen LogP) is 7.18. The summed E-state index contributed by atoms with van der Waals surface area (Å²) in [6.07, 6.45) is 1.65. The normalized spacial score (nSPS) is 11.7. The molecule has 0 aliphatic carbocycles. The second-order valence-electron chi connectivity index (χ2n) is 7.14. The van der Waals surface area contributed by atoms with Crippen molar-refractivity contribution in [3.05, 3.63) is 88.4 Å². The Morgan fingerprint density at radius 1 is 1.00 bits per heavy atom. The number of halogens is 1. The van der Waals surface area contributed by atoms with Gasteiger partial charge < -0.3 is 9.52 Å². The van der Waals surface area contributed by atoms with Crippen LogP contribution in [0.4, 0.5) is 5.69 Å². The molecule has 1 heterocycles. The molecule has 0 spiro atoms. The molecule has 5 heteroatoms. The molecule has 0 aliphatic heterocycles. The Labute approximate surface area is 181 Å². The van der Waals surface area contributed by atoms with Crippen molar-refractivity contribution in [2.45, 2.75) is 6.92 Å². The summed E-state index contributed by atoms with van der Waals surface area (Å²) in [6.45, 7) is 1.97. The molecule has 0 aliphatic rings. The number of benzene rings is 4. The Morgan fingerprint density at radius 2 is 1.83 bits per heavy atom. The van der Waals surface area contributed by atoms with E-state index in [1.807, 2.05) is 61.5 Å². The predicted molar refractivity (Wildman–Crippen MR) is 125 cm³/mol. The van der Waals surface area contributed by atoms with Crippen molar-refractivity contribution in [1.82, 2.24) is 4.98 Å². The number of aromatic hydroxyl groups is 1. The van der Waals surface area contributed by atoms with Crippen LogP contribution in [0.5, 0.6) is 5.75 Å². The fraction of sp³-hybridized carbons (Fsp3) is 0.0400. The number of aromatic nitrogens is 1. The minimum atomic E-state index is 0.171. The van der Waals surface area contributed by atoms with Gasteiger partial charge in [0.1, 0.15) is 11.3 Å². The second-order valence-corrected chi connectivity index (χ2v) is 7.99. The third-order valence-electron chi connectivity index (χ3n) is 4.98. The van der Waals surface area contributed by atoms with E-state index in [0.717, 1.165) is 33.1 Å². The van der Waals surface area contributed by atoms with Crippen LogP contribution in [0.2, 0.25) is 0 Å². The molecule has 4 nitrogen and oxygen atoms in total. The first kappa shape index (κ1) is 18.6. The Balaban J connectivity index is 1.53. The summed E-state index contributed by atoms with van der Waals surface area (Å²) in [5.74, 6) is 0.758. The van der Waals surface area contributed by atoms with E-state index in [-0.39, 0.29) is 5.75 Å². The SMILES string of the molecule is Cc1cc(Br)c(O)c(C=Nc2ccc3oc(-c4cccc5ccccc45)nc3c2)c1. The maximum Gasteiger partial charge on any atom is 0.227 e. The summed E-state index contributed by atoms with van der Waals surface area (Å²) < 4.78 is 6.67. The summed E-state index contributed by atoms with van der Waals surface area (Å²) in [5.41, 5.74) is 4.83. The summed E-state index contributed by atoms with van der Waals surface area (Å²) in [5, 5.41) is 12.5. The van der Waals surface area contributed by atoms with Crippen LogP contribution in [-0.2, 0) is 0 Å². The van der Waals surface area contributed by atoms with Crippen LogP contribution in [0.15, 0.2) is 86.7 Å². The van der Waals surface area contributed by atoms with Crippen molar-refractivity contribution >= 4 is 49.7 Å². The van der Waals surface area contributed by atoms with Gasteiger partial charge in [-0.25, -0.2) is 4.98 Å². The number of fused-ring (bicyclic) bond motifs is 2. The molecule has 30 heavy (non-hydrogen) atoms. The smallest absolute Gasteiger partial charge is 0.227 e. The van der Waals surface area contributed by atoms with Crippen LogP contribution in [-0.4, -0.2) is 16.3 Å². The number of nitrogens with zero attached hydrogens (tertiary/aromatic N) is 2. The molecule has 0 amide bonds. The van der Waals surface area contributed by atoms with Gasteiger partial charge in [-0.1, -0.05) is 36.4 Å². The second kappa shape index (κ2) is 7.43. The van der Waals surface area contributed by atoms with Gasteiger partial charge in [0, 0.05) is 17.3 Å². The average Bonchev–Trinajstić information content (AvgIpc) is 3.18. The molecule has 4 aromatic carbocycles. The topological polar surface area (TPSA) is 58.6 Å². The highest BCUT2D eigenvalue weighted by Crippen LogP contribution is 2.32. The van der Waals surface area contributed by atoms with Crippen molar-refractivity contribution in [2.24, 2.45) is 4.99 Å². The maximum atomic E-state index is 10.2. The molecule has 1 aromatic heterocycles. The average molecular weight is 457 g/mol. The zero-order valence-electron chi connectivity index (χ0n) is 16.1. The van der Waals surface area contributed by atoms with Crippen LogP contribution in [0.25, 0.3) is 33.3 Å². The standard InChI is InChI=1S/C25H17BrN2O2/c1-15-11-17(24(29)21(26)12-15)14-27-18-9-10-23-22(13-18)28-25(30-23)20-8-4-6-16-5-2-3-7-19(16)20/h2-14,29H,1H3. The van der Waals surface area contributed by atoms with Gasteiger partial charge in [0.15, 0.2) is 5.58 Å². The number of aliphatic imine (C=N–C) groups is 1. The van der Waals surface area contributed by atoms with E-state index < -0.39 is 0 Å². The van der Waals surface area contributed by atoms with E-state index in [0.29, 0.717) is 21.5 Å². The highest BCUT2D eigenvalue weighted by molar-refractivity contribution is 9.10. The van der Waals surface area contributed by atoms with E-state index >= 15 is 0 Å². The monoisotopic (exact) mass is 456 g/mol. The zero-order valence-corrected chi connectivity index (χ0v) is 17.7. The number of hydrogen-bond donors (Lipinski definition) is 1. The van der Waals surface area contributed by atoms with Gasteiger partial charge in [-0.05, 0) is 75.6 Å². The quantitative estimate of drug-likeness (QED) is 0.292. The number of phenolic OH excluding ortho intramolecular Hbond substituents is 1. The molecule has 0 atom stereocenters. The first-order chi connectivity index (χ1) is 14.6. The Kier molecular flexibility index (Phi) is 4.60. The lowest BCUT2D eigenvalue weighted by Crippen LogP contribution is -1.86. The van der Waals surface area contributed by atoms with Crippen LogP contribution in [0.1, 0.15) is 11.1 Å². The molecule has 0 saturated heterocycles. The van der Waals surface area contributed by atoms with Crippen molar-refractivity contribution < 1.29 is 9.52 Å². The van der Waals surface area contributed by atoms with Crippen molar-refractivity contribution in [2.75, 3.05) is 0 Å². The minimum Gasteiger partial charge on any atom is -0.506 e. The van der Waals surface area contributed by atoms with Gasteiger partial charge >= 0.3 is 0 Å². The third-order valence-corrected chi connectivity index (χ3v) is 5.59. The Bertz CT molecular complexity index is 1430. The Morgan fingerprint density at radius 3 is 2.73 bits per heavy atom. The number of aryl methyl sites for hydroxylation is 1. The van der Waals surface area contributed by atoms with Gasteiger partial charge in [-0.3, -0.25) is 4.99 Å².